The monoisotopic (exact) mass is 296 g/mol. The van der Waals surface area contributed by atoms with E-state index in [0.29, 0.717) is 28.5 Å². The van der Waals surface area contributed by atoms with Gasteiger partial charge in [-0.1, -0.05) is 19.1 Å². The number of carbonyl (C=O) groups excluding carboxylic acids is 1. The Kier molecular flexibility index (Phi) is 6.24. The summed E-state index contributed by atoms with van der Waals surface area (Å²) in [4.78, 5) is 12.6. The Morgan fingerprint density at radius 3 is 2.50 bits per heavy atom. The predicted octanol–water partition coefficient (Wildman–Crippen LogP) is 1.89. The van der Waals surface area contributed by atoms with Gasteiger partial charge in [0.05, 0.1) is 19.2 Å². The Balaban J connectivity index is 2.83. The Labute approximate surface area is 124 Å². The minimum absolute atomic E-state index is 0.0619. The average molecular weight is 296 g/mol. The van der Waals surface area contributed by atoms with Gasteiger partial charge in [0.2, 0.25) is 0 Å². The van der Waals surface area contributed by atoms with Crippen molar-refractivity contribution in [1.82, 2.24) is 5.32 Å². The molecule has 1 rings (SSSR count). The summed E-state index contributed by atoms with van der Waals surface area (Å²) in [6.45, 7) is 1.97. The molecule has 0 radical (unpaired) electrons. The van der Waals surface area contributed by atoms with Crippen LogP contribution in [0.15, 0.2) is 18.2 Å². The Bertz CT molecular complexity index is 491. The molecule has 0 heterocycles. The Morgan fingerprint density at radius 1 is 1.35 bits per heavy atom. The number of amides is 1. The summed E-state index contributed by atoms with van der Waals surface area (Å²) in [5, 5.41) is 2.90. The van der Waals surface area contributed by atoms with Crippen LogP contribution in [0.25, 0.3) is 0 Å². The second-order valence-corrected chi connectivity index (χ2v) is 4.84. The maximum atomic E-state index is 12.2. The lowest BCUT2D eigenvalue weighted by Crippen LogP contribution is -2.37. The molecule has 0 aliphatic carbocycles. The van der Waals surface area contributed by atoms with Crippen LogP contribution in [0.3, 0.4) is 0 Å². The van der Waals surface area contributed by atoms with Crippen LogP contribution < -0.4 is 20.5 Å². The normalized spacial score (nSPS) is 11.6. The van der Waals surface area contributed by atoms with Crippen molar-refractivity contribution >= 4 is 23.1 Å². The molecule has 0 spiro atoms. The fraction of sp³-hybridized carbons (Fsp3) is 0.429. The smallest absolute Gasteiger partial charge is 0.251 e. The molecular weight excluding hydrogens is 276 g/mol. The lowest BCUT2D eigenvalue weighted by molar-refractivity contribution is 0.0937. The van der Waals surface area contributed by atoms with E-state index in [2.05, 4.69) is 5.32 Å². The van der Waals surface area contributed by atoms with Crippen LogP contribution in [0.4, 0.5) is 0 Å². The van der Waals surface area contributed by atoms with Crippen LogP contribution in [0, 0.1) is 0 Å². The van der Waals surface area contributed by atoms with Gasteiger partial charge in [0.15, 0.2) is 11.5 Å². The van der Waals surface area contributed by atoms with E-state index in [1.165, 1.54) is 7.11 Å². The number of nitrogens with one attached hydrogen (secondary N) is 1. The van der Waals surface area contributed by atoms with Crippen molar-refractivity contribution in [2.45, 2.75) is 25.8 Å². The SMILES string of the molecule is CCC(CC(N)=S)NC(=O)c1ccc(OC)c(OC)c1. The van der Waals surface area contributed by atoms with E-state index in [9.17, 15) is 4.79 Å². The molecule has 5 nitrogen and oxygen atoms in total. The first kappa shape index (κ1) is 16.2. The van der Waals surface area contributed by atoms with E-state index < -0.39 is 0 Å². The quantitative estimate of drug-likeness (QED) is 0.752. The van der Waals surface area contributed by atoms with Crippen LogP contribution in [-0.2, 0) is 0 Å². The van der Waals surface area contributed by atoms with Gasteiger partial charge in [0.25, 0.3) is 5.91 Å². The van der Waals surface area contributed by atoms with Crippen molar-refractivity contribution in [2.75, 3.05) is 14.2 Å². The predicted molar refractivity (Wildman–Crippen MR) is 82.5 cm³/mol. The first-order valence-corrected chi connectivity index (χ1v) is 6.73. The van der Waals surface area contributed by atoms with Crippen molar-refractivity contribution in [1.29, 1.82) is 0 Å². The fourth-order valence-corrected chi connectivity index (χ4v) is 1.99. The molecule has 0 aliphatic rings. The maximum Gasteiger partial charge on any atom is 0.251 e. The van der Waals surface area contributed by atoms with Gasteiger partial charge >= 0.3 is 0 Å². The van der Waals surface area contributed by atoms with Gasteiger partial charge in [-0.25, -0.2) is 0 Å². The number of benzene rings is 1. The van der Waals surface area contributed by atoms with Crippen molar-refractivity contribution in [2.24, 2.45) is 5.73 Å². The molecule has 20 heavy (non-hydrogen) atoms. The topological polar surface area (TPSA) is 73.6 Å². The molecule has 0 bridgehead atoms. The molecule has 6 heteroatoms. The summed E-state index contributed by atoms with van der Waals surface area (Å²) in [5.41, 5.74) is 6.01. The van der Waals surface area contributed by atoms with Crippen molar-refractivity contribution in [3.05, 3.63) is 23.8 Å². The summed E-state index contributed by atoms with van der Waals surface area (Å²) >= 11 is 4.87. The summed E-state index contributed by atoms with van der Waals surface area (Å²) in [5.74, 6) is 0.913. The number of thiocarbonyl (C=S) groups is 1. The molecule has 0 aliphatic heterocycles. The Hall–Kier alpha value is -1.82. The number of rotatable bonds is 7. The van der Waals surface area contributed by atoms with Crippen LogP contribution in [0.2, 0.25) is 0 Å². The minimum Gasteiger partial charge on any atom is -0.493 e. The Morgan fingerprint density at radius 2 is 2.00 bits per heavy atom. The zero-order valence-corrected chi connectivity index (χ0v) is 12.8. The number of nitrogens with two attached hydrogens (primary N) is 1. The first-order chi connectivity index (χ1) is 9.51. The second kappa shape index (κ2) is 7.69. The summed E-state index contributed by atoms with van der Waals surface area (Å²) in [7, 11) is 3.08. The van der Waals surface area contributed by atoms with Gasteiger partial charge in [-0.2, -0.15) is 0 Å². The van der Waals surface area contributed by atoms with Gasteiger partial charge in [-0.15, -0.1) is 0 Å². The van der Waals surface area contributed by atoms with E-state index in [0.717, 1.165) is 6.42 Å². The third kappa shape index (κ3) is 4.38. The van der Waals surface area contributed by atoms with Crippen molar-refractivity contribution in [3.8, 4) is 11.5 Å². The van der Waals surface area contributed by atoms with E-state index in [1.807, 2.05) is 6.92 Å². The van der Waals surface area contributed by atoms with E-state index >= 15 is 0 Å². The molecule has 0 saturated carbocycles. The molecule has 3 N–H and O–H groups in total. The third-order valence-corrected chi connectivity index (χ3v) is 3.09. The average Bonchev–Trinajstić information content (AvgIpc) is 2.45. The highest BCUT2D eigenvalue weighted by Gasteiger charge is 2.15. The van der Waals surface area contributed by atoms with Crippen LogP contribution >= 0.6 is 12.2 Å². The number of hydrogen-bond donors (Lipinski definition) is 2. The second-order valence-electron chi connectivity index (χ2n) is 4.32. The number of methoxy groups -OCH3 is 2. The molecule has 1 atom stereocenters. The highest BCUT2D eigenvalue weighted by Crippen LogP contribution is 2.27. The first-order valence-electron chi connectivity index (χ1n) is 6.33. The van der Waals surface area contributed by atoms with Crippen LogP contribution in [0.1, 0.15) is 30.1 Å². The van der Waals surface area contributed by atoms with Gasteiger partial charge < -0.3 is 20.5 Å². The number of carbonyl (C=O) groups is 1. The van der Waals surface area contributed by atoms with Crippen LogP contribution in [-0.4, -0.2) is 31.2 Å². The van der Waals surface area contributed by atoms with Crippen molar-refractivity contribution < 1.29 is 14.3 Å². The molecule has 0 saturated heterocycles. The number of ether oxygens (including phenoxy) is 2. The zero-order chi connectivity index (χ0) is 15.1. The molecule has 0 fully saturated rings. The lowest BCUT2D eigenvalue weighted by atomic mass is 10.1. The zero-order valence-electron chi connectivity index (χ0n) is 11.9. The minimum atomic E-state index is -0.186. The van der Waals surface area contributed by atoms with E-state index in [4.69, 9.17) is 27.4 Å². The summed E-state index contributed by atoms with van der Waals surface area (Å²) in [6.07, 6.45) is 1.25. The van der Waals surface area contributed by atoms with Crippen molar-refractivity contribution in [3.63, 3.8) is 0 Å². The molecular formula is C14H20N2O3S. The summed E-state index contributed by atoms with van der Waals surface area (Å²) < 4.78 is 10.3. The van der Waals surface area contributed by atoms with E-state index in [-0.39, 0.29) is 11.9 Å². The van der Waals surface area contributed by atoms with Gasteiger partial charge in [-0.3, -0.25) is 4.79 Å². The molecule has 1 aromatic carbocycles. The van der Waals surface area contributed by atoms with Crippen LogP contribution in [0.5, 0.6) is 11.5 Å². The molecule has 110 valence electrons. The lowest BCUT2D eigenvalue weighted by Gasteiger charge is -2.17. The summed E-state index contributed by atoms with van der Waals surface area (Å²) in [6, 6.07) is 4.96. The standard InChI is InChI=1S/C14H20N2O3S/c1-4-10(8-13(15)20)16-14(17)9-5-6-11(18-2)12(7-9)19-3/h5-7,10H,4,8H2,1-3H3,(H2,15,20)(H,16,17). The number of hydrogen-bond acceptors (Lipinski definition) is 4. The van der Waals surface area contributed by atoms with Gasteiger partial charge in [-0.05, 0) is 24.6 Å². The van der Waals surface area contributed by atoms with Gasteiger partial charge in [0, 0.05) is 18.0 Å². The highest BCUT2D eigenvalue weighted by molar-refractivity contribution is 7.80. The highest BCUT2D eigenvalue weighted by atomic mass is 32.1. The molecule has 1 amide bonds. The molecule has 0 aromatic heterocycles. The largest absolute Gasteiger partial charge is 0.493 e. The molecule has 1 unspecified atom stereocenters. The van der Waals surface area contributed by atoms with E-state index in [1.54, 1.807) is 25.3 Å². The maximum absolute atomic E-state index is 12.2. The third-order valence-electron chi connectivity index (χ3n) is 2.92. The molecule has 1 aromatic rings. The fourth-order valence-electron chi connectivity index (χ4n) is 1.79. The van der Waals surface area contributed by atoms with Gasteiger partial charge in [0.1, 0.15) is 0 Å².